The second-order valence-corrected chi connectivity index (χ2v) is 4.01. The molecule has 0 aliphatic rings. The Labute approximate surface area is 111 Å². The Hall–Kier alpha value is -1.30. The van der Waals surface area contributed by atoms with Gasteiger partial charge in [0.2, 0.25) is 0 Å². The van der Waals surface area contributed by atoms with Gasteiger partial charge in [-0.2, -0.15) is 0 Å². The summed E-state index contributed by atoms with van der Waals surface area (Å²) >= 11 is 5.82. The zero-order valence-corrected chi connectivity index (χ0v) is 11.0. The van der Waals surface area contributed by atoms with Crippen LogP contribution in [0.25, 0.3) is 0 Å². The SMILES string of the molecule is CCCOCCOc1ccc(Cl)cc1C(=O)NN. The molecule has 1 rings (SSSR count). The Kier molecular flexibility index (Phi) is 6.49. The topological polar surface area (TPSA) is 73.6 Å². The summed E-state index contributed by atoms with van der Waals surface area (Å²) < 4.78 is 10.7. The molecule has 0 saturated heterocycles. The molecule has 0 radical (unpaired) electrons. The fraction of sp³-hybridized carbons (Fsp3) is 0.417. The van der Waals surface area contributed by atoms with Gasteiger partial charge in [0.25, 0.3) is 5.91 Å². The third-order valence-corrected chi connectivity index (χ3v) is 2.39. The number of benzene rings is 1. The van der Waals surface area contributed by atoms with E-state index < -0.39 is 5.91 Å². The smallest absolute Gasteiger partial charge is 0.268 e. The Morgan fingerprint density at radius 3 is 2.83 bits per heavy atom. The van der Waals surface area contributed by atoms with E-state index in [9.17, 15) is 4.79 Å². The summed E-state index contributed by atoms with van der Waals surface area (Å²) in [6.45, 7) is 3.57. The monoisotopic (exact) mass is 272 g/mol. The minimum absolute atomic E-state index is 0.306. The highest BCUT2D eigenvalue weighted by Crippen LogP contribution is 2.22. The highest BCUT2D eigenvalue weighted by molar-refractivity contribution is 6.31. The fourth-order valence-electron chi connectivity index (χ4n) is 1.34. The van der Waals surface area contributed by atoms with Gasteiger partial charge in [-0.05, 0) is 24.6 Å². The third-order valence-electron chi connectivity index (χ3n) is 2.15. The van der Waals surface area contributed by atoms with Crippen molar-refractivity contribution in [2.75, 3.05) is 19.8 Å². The minimum atomic E-state index is -0.443. The second kappa shape index (κ2) is 7.92. The van der Waals surface area contributed by atoms with Crippen molar-refractivity contribution in [1.29, 1.82) is 0 Å². The van der Waals surface area contributed by atoms with Gasteiger partial charge in [-0.25, -0.2) is 5.84 Å². The normalized spacial score (nSPS) is 10.2. The van der Waals surface area contributed by atoms with Crippen molar-refractivity contribution in [3.8, 4) is 5.75 Å². The second-order valence-electron chi connectivity index (χ2n) is 3.57. The lowest BCUT2D eigenvalue weighted by Crippen LogP contribution is -2.30. The molecule has 18 heavy (non-hydrogen) atoms. The molecule has 0 unspecified atom stereocenters. The molecule has 1 aromatic carbocycles. The number of halogens is 1. The van der Waals surface area contributed by atoms with Crippen LogP contribution in [0.15, 0.2) is 18.2 Å². The van der Waals surface area contributed by atoms with Gasteiger partial charge >= 0.3 is 0 Å². The van der Waals surface area contributed by atoms with Crippen molar-refractivity contribution in [3.63, 3.8) is 0 Å². The Morgan fingerprint density at radius 1 is 1.39 bits per heavy atom. The number of amides is 1. The van der Waals surface area contributed by atoms with Gasteiger partial charge in [0, 0.05) is 11.6 Å². The molecule has 5 nitrogen and oxygen atoms in total. The van der Waals surface area contributed by atoms with Crippen LogP contribution in [0, 0.1) is 0 Å². The largest absolute Gasteiger partial charge is 0.490 e. The zero-order chi connectivity index (χ0) is 13.4. The standard InChI is InChI=1S/C12H17ClN2O3/c1-2-5-17-6-7-18-11-4-3-9(13)8-10(11)12(16)15-14/h3-4,8H,2,5-7,14H2,1H3,(H,15,16). The van der Waals surface area contributed by atoms with Crippen molar-refractivity contribution in [3.05, 3.63) is 28.8 Å². The molecule has 1 aromatic rings. The molecule has 6 heteroatoms. The van der Waals surface area contributed by atoms with E-state index in [-0.39, 0.29) is 0 Å². The first-order valence-electron chi connectivity index (χ1n) is 5.70. The van der Waals surface area contributed by atoms with Crippen LogP contribution >= 0.6 is 11.6 Å². The lowest BCUT2D eigenvalue weighted by atomic mass is 10.2. The highest BCUT2D eigenvalue weighted by Gasteiger charge is 2.12. The molecule has 0 bridgehead atoms. The summed E-state index contributed by atoms with van der Waals surface area (Å²) in [6, 6.07) is 4.79. The van der Waals surface area contributed by atoms with Crippen LogP contribution in [-0.2, 0) is 4.74 Å². The zero-order valence-electron chi connectivity index (χ0n) is 10.2. The molecule has 100 valence electrons. The molecule has 0 spiro atoms. The van der Waals surface area contributed by atoms with Crippen LogP contribution in [0.5, 0.6) is 5.75 Å². The predicted molar refractivity (Wildman–Crippen MR) is 69.7 cm³/mol. The van der Waals surface area contributed by atoms with Gasteiger partial charge < -0.3 is 9.47 Å². The number of ether oxygens (including phenoxy) is 2. The van der Waals surface area contributed by atoms with E-state index in [1.165, 1.54) is 6.07 Å². The minimum Gasteiger partial charge on any atom is -0.490 e. The Morgan fingerprint density at radius 2 is 2.17 bits per heavy atom. The predicted octanol–water partition coefficient (Wildman–Crippen LogP) is 1.75. The fourth-order valence-corrected chi connectivity index (χ4v) is 1.51. The number of hydrogen-bond acceptors (Lipinski definition) is 4. The summed E-state index contributed by atoms with van der Waals surface area (Å²) in [7, 11) is 0. The first-order valence-corrected chi connectivity index (χ1v) is 6.08. The summed E-state index contributed by atoms with van der Waals surface area (Å²) in [5.41, 5.74) is 2.36. The molecule has 0 aliphatic carbocycles. The molecule has 1 amide bonds. The summed E-state index contributed by atoms with van der Waals surface area (Å²) in [6.07, 6.45) is 0.960. The van der Waals surface area contributed by atoms with E-state index in [1.807, 2.05) is 6.92 Å². The molecule has 0 aliphatic heterocycles. The summed E-state index contributed by atoms with van der Waals surface area (Å²) in [5, 5.41) is 0.447. The van der Waals surface area contributed by atoms with Crippen LogP contribution in [0.2, 0.25) is 5.02 Å². The van der Waals surface area contributed by atoms with Crippen LogP contribution in [0.3, 0.4) is 0 Å². The van der Waals surface area contributed by atoms with Crippen molar-refractivity contribution >= 4 is 17.5 Å². The van der Waals surface area contributed by atoms with Crippen molar-refractivity contribution in [2.45, 2.75) is 13.3 Å². The number of hydrogen-bond donors (Lipinski definition) is 2. The maximum Gasteiger partial charge on any atom is 0.268 e. The maximum absolute atomic E-state index is 11.5. The highest BCUT2D eigenvalue weighted by atomic mass is 35.5. The van der Waals surface area contributed by atoms with E-state index in [2.05, 4.69) is 5.43 Å². The molecular formula is C12H17ClN2O3. The van der Waals surface area contributed by atoms with E-state index >= 15 is 0 Å². The van der Waals surface area contributed by atoms with Crippen molar-refractivity contribution < 1.29 is 14.3 Å². The van der Waals surface area contributed by atoms with E-state index in [0.29, 0.717) is 36.2 Å². The molecule has 0 heterocycles. The summed E-state index contributed by atoms with van der Waals surface area (Å²) in [4.78, 5) is 11.5. The molecule has 3 N–H and O–H groups in total. The van der Waals surface area contributed by atoms with Gasteiger partial charge in [0.15, 0.2) is 0 Å². The maximum atomic E-state index is 11.5. The number of carbonyl (C=O) groups is 1. The Bertz CT molecular complexity index is 399. The number of carbonyl (C=O) groups excluding carboxylic acids is 1. The van der Waals surface area contributed by atoms with Crippen LogP contribution in [0.4, 0.5) is 0 Å². The van der Waals surface area contributed by atoms with Gasteiger partial charge in [-0.15, -0.1) is 0 Å². The Balaban J connectivity index is 2.61. The van der Waals surface area contributed by atoms with E-state index in [1.54, 1.807) is 12.1 Å². The summed E-state index contributed by atoms with van der Waals surface area (Å²) in [5.74, 6) is 5.08. The van der Waals surface area contributed by atoms with Crippen molar-refractivity contribution in [1.82, 2.24) is 5.43 Å². The van der Waals surface area contributed by atoms with Crippen LogP contribution in [0.1, 0.15) is 23.7 Å². The molecular weight excluding hydrogens is 256 g/mol. The quantitative estimate of drug-likeness (QED) is 0.343. The number of rotatable bonds is 7. The molecule has 0 saturated carbocycles. The average molecular weight is 273 g/mol. The van der Waals surface area contributed by atoms with E-state index in [0.717, 1.165) is 6.42 Å². The van der Waals surface area contributed by atoms with Crippen LogP contribution < -0.4 is 16.0 Å². The molecule has 0 fully saturated rings. The van der Waals surface area contributed by atoms with Gasteiger partial charge in [-0.1, -0.05) is 18.5 Å². The average Bonchev–Trinajstić information content (AvgIpc) is 2.39. The third kappa shape index (κ3) is 4.52. The lowest BCUT2D eigenvalue weighted by Gasteiger charge is -2.11. The first-order chi connectivity index (χ1) is 8.69. The van der Waals surface area contributed by atoms with Gasteiger partial charge in [0.05, 0.1) is 12.2 Å². The molecule has 0 atom stereocenters. The van der Waals surface area contributed by atoms with E-state index in [4.69, 9.17) is 26.9 Å². The first kappa shape index (κ1) is 14.8. The number of nitrogens with two attached hydrogens (primary N) is 1. The lowest BCUT2D eigenvalue weighted by molar-refractivity contribution is 0.0924. The molecule has 0 aromatic heterocycles. The number of hydrazine groups is 1. The van der Waals surface area contributed by atoms with Crippen LogP contribution in [-0.4, -0.2) is 25.7 Å². The number of nitrogens with one attached hydrogen (secondary N) is 1. The number of nitrogen functional groups attached to an aromatic ring is 1. The van der Waals surface area contributed by atoms with Gasteiger partial charge in [-0.3, -0.25) is 10.2 Å². The van der Waals surface area contributed by atoms with Gasteiger partial charge in [0.1, 0.15) is 12.4 Å². The van der Waals surface area contributed by atoms with Crippen molar-refractivity contribution in [2.24, 2.45) is 5.84 Å².